The Bertz CT molecular complexity index is 615. The van der Waals surface area contributed by atoms with Crippen molar-refractivity contribution in [1.29, 1.82) is 0 Å². The van der Waals surface area contributed by atoms with Crippen LogP contribution in [0.5, 0.6) is 5.75 Å². The topological polar surface area (TPSA) is 103 Å². The Labute approximate surface area is 133 Å². The molecule has 8 nitrogen and oxygen atoms in total. The summed E-state index contributed by atoms with van der Waals surface area (Å²) in [4.78, 5) is 14.1. The molecule has 0 amide bonds. The van der Waals surface area contributed by atoms with Gasteiger partial charge in [-0.2, -0.15) is 0 Å². The van der Waals surface area contributed by atoms with Crippen molar-refractivity contribution in [1.82, 2.24) is 0 Å². The van der Waals surface area contributed by atoms with E-state index in [1.807, 2.05) is 6.07 Å². The molecule has 1 fully saturated rings. The zero-order chi connectivity index (χ0) is 16.8. The maximum Gasteiger partial charge on any atom is 0.303 e. The molecule has 1 aromatic carbocycles. The van der Waals surface area contributed by atoms with E-state index in [1.165, 1.54) is 14.0 Å². The van der Waals surface area contributed by atoms with Gasteiger partial charge in [-0.25, -0.2) is 0 Å². The minimum atomic E-state index is -0.955. The molecule has 0 spiro atoms. The first-order valence-electron chi connectivity index (χ1n) is 6.88. The molecule has 23 heavy (non-hydrogen) atoms. The van der Waals surface area contributed by atoms with Crippen molar-refractivity contribution in [3.05, 3.63) is 53.1 Å². The molecule has 0 unspecified atom stereocenters. The number of nitrogens with zero attached hydrogens (tertiary/aromatic N) is 3. The number of azide groups is 1. The van der Waals surface area contributed by atoms with Gasteiger partial charge in [0.1, 0.15) is 17.6 Å². The van der Waals surface area contributed by atoms with Crippen molar-refractivity contribution in [2.24, 2.45) is 5.11 Å². The molecule has 4 atom stereocenters. The van der Waals surface area contributed by atoms with Crippen LogP contribution in [-0.2, 0) is 19.0 Å². The van der Waals surface area contributed by atoms with Crippen LogP contribution in [0.25, 0.3) is 10.4 Å². The van der Waals surface area contributed by atoms with E-state index in [-0.39, 0.29) is 5.76 Å². The molecule has 0 radical (unpaired) electrons. The Morgan fingerprint density at radius 2 is 2.09 bits per heavy atom. The van der Waals surface area contributed by atoms with E-state index < -0.39 is 30.5 Å². The van der Waals surface area contributed by atoms with Gasteiger partial charge in [-0.05, 0) is 17.7 Å². The second-order valence-electron chi connectivity index (χ2n) is 4.81. The van der Waals surface area contributed by atoms with Gasteiger partial charge in [0.25, 0.3) is 0 Å². The molecular formula is C15H17N3O5. The zero-order valence-electron chi connectivity index (χ0n) is 12.8. The van der Waals surface area contributed by atoms with Crippen LogP contribution in [0, 0.1) is 0 Å². The summed E-state index contributed by atoms with van der Waals surface area (Å²) in [5.41, 5.74) is 8.85. The molecule has 1 aliphatic rings. The summed E-state index contributed by atoms with van der Waals surface area (Å²) in [6.45, 7) is 4.95. The first kappa shape index (κ1) is 16.7. The summed E-state index contributed by atoms with van der Waals surface area (Å²) < 4.78 is 21.8. The van der Waals surface area contributed by atoms with Crippen molar-refractivity contribution >= 4 is 5.97 Å². The molecule has 1 heterocycles. The van der Waals surface area contributed by atoms with Crippen molar-refractivity contribution in [2.45, 2.75) is 31.5 Å². The average molecular weight is 319 g/mol. The van der Waals surface area contributed by atoms with Crippen LogP contribution in [0.3, 0.4) is 0 Å². The van der Waals surface area contributed by atoms with Crippen molar-refractivity contribution in [3.8, 4) is 5.75 Å². The second kappa shape index (κ2) is 7.53. The van der Waals surface area contributed by atoms with E-state index in [4.69, 9.17) is 24.5 Å². The zero-order valence-corrected chi connectivity index (χ0v) is 12.8. The fourth-order valence-corrected chi connectivity index (χ4v) is 2.27. The summed E-state index contributed by atoms with van der Waals surface area (Å²) in [5.74, 6) is 0.125. The fourth-order valence-electron chi connectivity index (χ4n) is 2.27. The number of carbonyl (C=O) groups is 1. The van der Waals surface area contributed by atoms with Crippen LogP contribution in [0.15, 0.2) is 47.8 Å². The van der Waals surface area contributed by atoms with Gasteiger partial charge in [-0.3, -0.25) is 4.79 Å². The third-order valence-corrected chi connectivity index (χ3v) is 3.23. The van der Waals surface area contributed by atoms with Gasteiger partial charge in [0.15, 0.2) is 12.2 Å². The summed E-state index contributed by atoms with van der Waals surface area (Å²) in [6, 6.07) is 8.04. The highest BCUT2D eigenvalue weighted by Crippen LogP contribution is 2.31. The number of carbonyl (C=O) groups excluding carboxylic acids is 1. The van der Waals surface area contributed by atoms with E-state index in [2.05, 4.69) is 16.6 Å². The number of hydrogen-bond acceptors (Lipinski definition) is 6. The van der Waals surface area contributed by atoms with E-state index in [0.29, 0.717) is 5.75 Å². The van der Waals surface area contributed by atoms with Crippen LogP contribution in [0.2, 0.25) is 0 Å². The van der Waals surface area contributed by atoms with E-state index in [0.717, 1.165) is 0 Å². The number of ether oxygens (including phenoxy) is 4. The molecule has 2 rings (SSSR count). The third-order valence-electron chi connectivity index (χ3n) is 3.23. The van der Waals surface area contributed by atoms with Crippen LogP contribution in [0.4, 0.5) is 0 Å². The van der Waals surface area contributed by atoms with Gasteiger partial charge in [-0.15, -0.1) is 0 Å². The molecule has 0 bridgehead atoms. The van der Waals surface area contributed by atoms with Gasteiger partial charge < -0.3 is 18.9 Å². The summed E-state index contributed by atoms with van der Waals surface area (Å²) in [5, 5.41) is 3.70. The van der Waals surface area contributed by atoms with Crippen LogP contribution in [-0.4, -0.2) is 37.6 Å². The predicted molar refractivity (Wildman–Crippen MR) is 80.4 cm³/mol. The summed E-state index contributed by atoms with van der Waals surface area (Å²) in [6.07, 6.45) is -2.62. The predicted octanol–water partition coefficient (Wildman–Crippen LogP) is 2.56. The number of rotatable bonds is 5. The Morgan fingerprint density at radius 1 is 1.39 bits per heavy atom. The maximum atomic E-state index is 11.3. The number of hydrogen-bond donors (Lipinski definition) is 0. The highest BCUT2D eigenvalue weighted by atomic mass is 16.7. The molecule has 0 N–H and O–H groups in total. The lowest BCUT2D eigenvalue weighted by molar-refractivity contribution is -0.203. The SMILES string of the molecule is C=C1O[C@H](OC)[C@H](Oc2ccccc2)[C@@H](N=[N+]=[N-])[C@@H]1OC(C)=O. The van der Waals surface area contributed by atoms with Gasteiger partial charge in [0, 0.05) is 18.9 Å². The van der Waals surface area contributed by atoms with Gasteiger partial charge in [0.2, 0.25) is 6.29 Å². The lowest BCUT2D eigenvalue weighted by Crippen LogP contribution is -2.55. The van der Waals surface area contributed by atoms with Crippen molar-refractivity contribution < 1.29 is 23.7 Å². The molecule has 122 valence electrons. The van der Waals surface area contributed by atoms with Crippen LogP contribution >= 0.6 is 0 Å². The van der Waals surface area contributed by atoms with Crippen molar-refractivity contribution in [2.75, 3.05) is 7.11 Å². The molecule has 1 aliphatic heterocycles. The van der Waals surface area contributed by atoms with E-state index in [1.54, 1.807) is 24.3 Å². The standard InChI is InChI=1S/C15H17N3O5/c1-9-13(22-10(2)19)12(17-18-16)14(15(20-3)21-9)23-11-7-5-4-6-8-11/h4-8,12-15H,1H2,2-3H3/t12-,13+,14+,15-/m0/s1. The lowest BCUT2D eigenvalue weighted by atomic mass is 10.00. The lowest BCUT2D eigenvalue weighted by Gasteiger charge is -2.40. The van der Waals surface area contributed by atoms with Gasteiger partial charge in [-0.1, -0.05) is 29.9 Å². The molecule has 1 aromatic rings. The summed E-state index contributed by atoms with van der Waals surface area (Å²) >= 11 is 0. The first-order chi connectivity index (χ1) is 11.1. The number of benzene rings is 1. The van der Waals surface area contributed by atoms with Crippen molar-refractivity contribution in [3.63, 3.8) is 0 Å². The van der Waals surface area contributed by atoms with E-state index >= 15 is 0 Å². The van der Waals surface area contributed by atoms with Gasteiger partial charge >= 0.3 is 5.97 Å². The van der Waals surface area contributed by atoms with Crippen LogP contribution in [0.1, 0.15) is 6.92 Å². The minimum Gasteiger partial charge on any atom is -0.483 e. The second-order valence-corrected chi connectivity index (χ2v) is 4.81. The molecule has 0 aliphatic carbocycles. The molecule has 0 aromatic heterocycles. The smallest absolute Gasteiger partial charge is 0.303 e. The highest BCUT2D eigenvalue weighted by Gasteiger charge is 2.46. The fraction of sp³-hybridized carbons (Fsp3) is 0.400. The first-order valence-corrected chi connectivity index (χ1v) is 6.88. The average Bonchev–Trinajstić information content (AvgIpc) is 2.53. The number of esters is 1. The largest absolute Gasteiger partial charge is 0.483 e. The monoisotopic (exact) mass is 319 g/mol. The third kappa shape index (κ3) is 3.94. The molecule has 0 saturated carbocycles. The number of para-hydroxylation sites is 1. The van der Waals surface area contributed by atoms with E-state index in [9.17, 15) is 4.79 Å². The molecule has 1 saturated heterocycles. The molecular weight excluding hydrogens is 302 g/mol. The molecule has 8 heteroatoms. The Hall–Kier alpha value is -2.70. The summed E-state index contributed by atoms with van der Waals surface area (Å²) in [7, 11) is 1.43. The van der Waals surface area contributed by atoms with Gasteiger partial charge in [0.05, 0.1) is 0 Å². The Balaban J connectivity index is 2.33. The highest BCUT2D eigenvalue weighted by molar-refractivity contribution is 5.66. The normalized spacial score (nSPS) is 26.6. The minimum absolute atomic E-state index is 0.136. The van der Waals surface area contributed by atoms with Crippen LogP contribution < -0.4 is 4.74 Å². The Morgan fingerprint density at radius 3 is 2.65 bits per heavy atom. The maximum absolute atomic E-state index is 11.3. The quantitative estimate of drug-likeness (QED) is 0.359. The number of methoxy groups -OCH3 is 1. The Kier molecular flexibility index (Phi) is 5.46.